The van der Waals surface area contributed by atoms with Gasteiger partial charge in [0.15, 0.2) is 0 Å². The van der Waals surface area contributed by atoms with Crippen LogP contribution in [0.5, 0.6) is 0 Å². The highest BCUT2D eigenvalue weighted by Gasteiger charge is 2.31. The summed E-state index contributed by atoms with van der Waals surface area (Å²) in [6.07, 6.45) is 11.7. The summed E-state index contributed by atoms with van der Waals surface area (Å²) in [7, 11) is 0. The standard InChI is InChI=1S/C56H70FN13S/c1-8-69(51-16-13-39(3)59-41(51)5)42(6)48-37-46(15-12-38(48)2)67-30-28-64(29-31-67)24-19-40(4)65-32-34-66(35-33-65)45-21-25-68(26-22-45)52-17-14-44(36-49(52)57)60-56-62-54-47(18-23-58-54)55(63-56)61-50-11-9-10-43-20-27-70(71-7)53(43)50/h8-12,14-15,17-18,23,36-37,45,51,59H,1,3-6,13,16,19-22,24-35H2,2,7H3,(H3,58,60,61,62,63). The molecule has 71 heavy (non-hydrogen) atoms. The van der Waals surface area contributed by atoms with E-state index in [0.717, 1.165) is 151 Å². The van der Waals surface area contributed by atoms with Crippen LogP contribution in [0.1, 0.15) is 48.8 Å². The molecule has 0 spiro atoms. The molecule has 3 aromatic carbocycles. The molecule has 13 nitrogen and oxygen atoms in total. The predicted molar refractivity (Wildman–Crippen MR) is 295 cm³/mol. The summed E-state index contributed by atoms with van der Waals surface area (Å²) in [4.78, 5) is 27.4. The van der Waals surface area contributed by atoms with Gasteiger partial charge in [-0.1, -0.05) is 63.0 Å². The lowest BCUT2D eigenvalue weighted by Crippen LogP contribution is -2.53. The highest BCUT2D eigenvalue weighted by molar-refractivity contribution is 8.00. The Morgan fingerprint density at radius 1 is 0.873 bits per heavy atom. The Morgan fingerprint density at radius 3 is 2.42 bits per heavy atom. The third kappa shape index (κ3) is 10.4. The number of hydrogen-bond acceptors (Lipinski definition) is 13. The Bertz CT molecular complexity index is 2800. The van der Waals surface area contributed by atoms with E-state index >= 15 is 4.39 Å². The highest BCUT2D eigenvalue weighted by atomic mass is 32.2. The van der Waals surface area contributed by atoms with E-state index in [2.05, 4.69) is 137 Å². The van der Waals surface area contributed by atoms with Crippen molar-refractivity contribution in [3.8, 4) is 0 Å². The number of aromatic amines is 1. The van der Waals surface area contributed by atoms with Crippen LogP contribution in [-0.4, -0.2) is 131 Å². The number of hydrogen-bond donors (Lipinski definition) is 4. The SMILES string of the molecule is C=CN(C(=C)c1cc(N2CCN(CCC(=C)N3CCN(C4CCN(c5ccc(Nc6nc(Nc7cccc8c7N(SC)CC8)c7cc[nH]c7n6)cc5F)CC4)CC3)CC2)ccc1C)C1CCC(=C)NC1=C. The van der Waals surface area contributed by atoms with Gasteiger partial charge in [0.2, 0.25) is 5.95 Å². The molecule has 5 aliphatic heterocycles. The first kappa shape index (κ1) is 48.2. The molecular formula is C56H70FN13S. The smallest absolute Gasteiger partial charge is 0.231 e. The molecule has 0 bridgehead atoms. The molecule has 4 N–H and O–H groups in total. The molecule has 1 atom stereocenters. The first-order valence-corrected chi connectivity index (χ1v) is 26.6. The van der Waals surface area contributed by atoms with E-state index in [1.54, 1.807) is 18.0 Å². The highest BCUT2D eigenvalue weighted by Crippen LogP contribution is 2.41. The zero-order valence-corrected chi connectivity index (χ0v) is 42.5. The van der Waals surface area contributed by atoms with Crippen molar-refractivity contribution in [3.05, 3.63) is 146 Å². The molecule has 0 amide bonds. The van der Waals surface area contributed by atoms with Crippen molar-refractivity contribution in [2.75, 3.05) is 110 Å². The maximum atomic E-state index is 15.9. The molecule has 0 radical (unpaired) electrons. The average molecular weight is 976 g/mol. The normalized spacial score (nSPS) is 19.2. The van der Waals surface area contributed by atoms with Gasteiger partial charge in [-0.05, 0) is 105 Å². The molecular weight excluding hydrogens is 906 g/mol. The van der Waals surface area contributed by atoms with E-state index in [1.807, 2.05) is 30.6 Å². The third-order valence-corrected chi connectivity index (χ3v) is 16.2. The Labute approximate surface area is 424 Å². The van der Waals surface area contributed by atoms with Crippen LogP contribution in [-0.2, 0) is 6.42 Å². The first-order chi connectivity index (χ1) is 34.5. The monoisotopic (exact) mass is 976 g/mol. The Hall–Kier alpha value is -6.42. The number of rotatable bonds is 16. The Kier molecular flexibility index (Phi) is 14.3. The Balaban J connectivity index is 0.663. The largest absolute Gasteiger partial charge is 0.373 e. The average Bonchev–Trinajstić information content (AvgIpc) is 4.05. The second-order valence-electron chi connectivity index (χ2n) is 19.6. The molecule has 15 heteroatoms. The third-order valence-electron chi connectivity index (χ3n) is 15.4. The zero-order chi connectivity index (χ0) is 49.2. The number of allylic oxidation sites excluding steroid dienone is 1. The van der Waals surface area contributed by atoms with Gasteiger partial charge in [-0.25, -0.2) is 4.39 Å². The molecule has 0 aliphatic carbocycles. The fraction of sp³-hybridized carbons (Fsp3) is 0.393. The molecule has 0 saturated carbocycles. The zero-order valence-electron chi connectivity index (χ0n) is 41.7. The maximum absolute atomic E-state index is 15.9. The molecule has 7 heterocycles. The van der Waals surface area contributed by atoms with Crippen molar-refractivity contribution >= 4 is 68.9 Å². The van der Waals surface area contributed by atoms with Gasteiger partial charge in [0.05, 0.1) is 28.5 Å². The molecule has 2 aromatic heterocycles. The lowest BCUT2D eigenvalue weighted by molar-refractivity contribution is 0.0985. The second kappa shape index (κ2) is 21.1. The quantitative estimate of drug-likeness (QED) is 0.0707. The molecule has 10 rings (SSSR count). The van der Waals surface area contributed by atoms with E-state index in [1.165, 1.54) is 28.2 Å². The molecule has 4 saturated heterocycles. The van der Waals surface area contributed by atoms with Crippen molar-refractivity contribution in [1.29, 1.82) is 0 Å². The summed E-state index contributed by atoms with van der Waals surface area (Å²) >= 11 is 1.73. The molecule has 5 aliphatic rings. The van der Waals surface area contributed by atoms with Crippen molar-refractivity contribution in [2.24, 2.45) is 0 Å². The van der Waals surface area contributed by atoms with E-state index < -0.39 is 0 Å². The number of fused-ring (bicyclic) bond motifs is 2. The van der Waals surface area contributed by atoms with Crippen LogP contribution < -0.4 is 30.1 Å². The predicted octanol–water partition coefficient (Wildman–Crippen LogP) is 10.0. The van der Waals surface area contributed by atoms with E-state index in [0.29, 0.717) is 34.8 Å². The van der Waals surface area contributed by atoms with Crippen LogP contribution >= 0.6 is 11.9 Å². The topological polar surface area (TPSA) is 100 Å². The van der Waals surface area contributed by atoms with Crippen molar-refractivity contribution in [1.82, 2.24) is 39.9 Å². The van der Waals surface area contributed by atoms with Crippen LogP contribution in [0.15, 0.2) is 123 Å². The number of aromatic nitrogens is 3. The maximum Gasteiger partial charge on any atom is 0.231 e. The van der Waals surface area contributed by atoms with Gasteiger partial charge in [-0.15, -0.1) is 0 Å². The number of para-hydroxylation sites is 1. The number of piperazine rings is 2. The number of nitrogens with zero attached hydrogens (tertiary/aromatic N) is 9. The van der Waals surface area contributed by atoms with Crippen molar-refractivity contribution in [2.45, 2.75) is 57.5 Å². The van der Waals surface area contributed by atoms with Crippen molar-refractivity contribution < 1.29 is 4.39 Å². The fourth-order valence-electron chi connectivity index (χ4n) is 11.3. The van der Waals surface area contributed by atoms with Crippen molar-refractivity contribution in [3.63, 3.8) is 0 Å². The minimum absolute atomic E-state index is 0.0930. The number of aryl methyl sites for hydroxylation is 1. The summed E-state index contributed by atoms with van der Waals surface area (Å²) in [6, 6.07) is 21.1. The number of nitrogens with one attached hydrogen (secondary N) is 4. The summed E-state index contributed by atoms with van der Waals surface area (Å²) in [5, 5.41) is 11.1. The van der Waals surface area contributed by atoms with Gasteiger partial charge in [0.25, 0.3) is 0 Å². The first-order valence-electron chi connectivity index (χ1n) is 25.4. The number of anilines is 7. The van der Waals surface area contributed by atoms with Gasteiger partial charge in [0, 0.05) is 137 Å². The van der Waals surface area contributed by atoms with Crippen LogP contribution in [0.25, 0.3) is 16.7 Å². The lowest BCUT2D eigenvalue weighted by atomic mass is 9.97. The molecule has 1 unspecified atom stereocenters. The number of piperidine rings is 2. The van der Waals surface area contributed by atoms with E-state index in [4.69, 9.17) is 9.97 Å². The minimum Gasteiger partial charge on any atom is -0.373 e. The molecule has 4 fully saturated rings. The van der Waals surface area contributed by atoms with Crippen LogP contribution in [0, 0.1) is 12.7 Å². The van der Waals surface area contributed by atoms with Gasteiger partial charge < -0.3 is 44.8 Å². The van der Waals surface area contributed by atoms with Crippen LogP contribution in [0.4, 0.5) is 44.6 Å². The summed E-state index contributed by atoms with van der Waals surface area (Å²) in [5.74, 6) is 0.835. The lowest BCUT2D eigenvalue weighted by Gasteiger charge is -2.44. The number of benzene rings is 3. The molecule has 372 valence electrons. The molecule has 5 aromatic rings. The second-order valence-corrected chi connectivity index (χ2v) is 20.4. The minimum atomic E-state index is -0.246. The number of halogens is 1. The number of H-pyrrole nitrogens is 1. The van der Waals surface area contributed by atoms with Crippen LogP contribution in [0.2, 0.25) is 0 Å². The van der Waals surface area contributed by atoms with Crippen LogP contribution in [0.3, 0.4) is 0 Å². The summed E-state index contributed by atoms with van der Waals surface area (Å²) < 4.78 is 18.2. The van der Waals surface area contributed by atoms with E-state index in [-0.39, 0.29) is 11.9 Å². The summed E-state index contributed by atoms with van der Waals surface area (Å²) in [6.45, 7) is 35.5. The summed E-state index contributed by atoms with van der Waals surface area (Å²) in [5.41, 5.74) is 13.2. The van der Waals surface area contributed by atoms with Gasteiger partial charge in [0.1, 0.15) is 17.3 Å². The Morgan fingerprint density at radius 2 is 1.68 bits per heavy atom. The van der Waals surface area contributed by atoms with Gasteiger partial charge in [-0.2, -0.15) is 9.97 Å². The van der Waals surface area contributed by atoms with Gasteiger partial charge in [-0.3, -0.25) is 9.80 Å². The van der Waals surface area contributed by atoms with E-state index in [9.17, 15) is 0 Å². The van der Waals surface area contributed by atoms with Gasteiger partial charge >= 0.3 is 0 Å². The fourth-order valence-corrected chi connectivity index (χ4v) is 12.0.